The number of carbonyl (C=O) groups is 1. The molecular weight excluding hydrogens is 180 g/mol. The van der Waals surface area contributed by atoms with E-state index in [1.54, 1.807) is 0 Å². The van der Waals surface area contributed by atoms with Gasteiger partial charge in [0.05, 0.1) is 0 Å². The molecule has 4 heteroatoms. The normalized spacial score (nSPS) is 46.1. The summed E-state index contributed by atoms with van der Waals surface area (Å²) >= 11 is 0. The lowest BCUT2D eigenvalue weighted by Crippen LogP contribution is -2.55. The second kappa shape index (κ2) is 2.86. The molecule has 3 saturated heterocycles. The first-order valence-corrected chi connectivity index (χ1v) is 5.49. The van der Waals surface area contributed by atoms with Crippen molar-refractivity contribution in [2.45, 2.75) is 49.8 Å². The third kappa shape index (κ3) is 1.29. The summed E-state index contributed by atoms with van der Waals surface area (Å²) in [7, 11) is 0. The molecule has 0 radical (unpaired) electrons. The summed E-state index contributed by atoms with van der Waals surface area (Å²) in [5.74, 6) is 0. The van der Waals surface area contributed by atoms with E-state index in [1.165, 1.54) is 12.8 Å². The summed E-state index contributed by atoms with van der Waals surface area (Å²) < 4.78 is 5.51. The number of hydrogen-bond donors (Lipinski definition) is 2. The van der Waals surface area contributed by atoms with Gasteiger partial charge < -0.3 is 15.4 Å². The van der Waals surface area contributed by atoms with Crippen LogP contribution in [0.25, 0.3) is 0 Å². The van der Waals surface area contributed by atoms with Crippen molar-refractivity contribution in [3.63, 3.8) is 0 Å². The highest BCUT2D eigenvalue weighted by Crippen LogP contribution is 2.39. The molecule has 2 N–H and O–H groups in total. The monoisotopic (exact) mass is 196 g/mol. The summed E-state index contributed by atoms with van der Waals surface area (Å²) in [5.41, 5.74) is -0.139. The fourth-order valence-corrected chi connectivity index (χ4v) is 3.17. The second-order valence-corrected chi connectivity index (χ2v) is 4.80. The van der Waals surface area contributed by atoms with Crippen molar-refractivity contribution in [2.24, 2.45) is 0 Å². The van der Waals surface area contributed by atoms with Crippen LogP contribution in [0, 0.1) is 0 Å². The minimum absolute atomic E-state index is 0.139. The Morgan fingerprint density at radius 2 is 2.00 bits per heavy atom. The highest BCUT2D eigenvalue weighted by molar-refractivity contribution is 5.68. The lowest BCUT2D eigenvalue weighted by Gasteiger charge is -2.42. The van der Waals surface area contributed by atoms with Gasteiger partial charge in [-0.05, 0) is 12.8 Å². The molecule has 3 aliphatic heterocycles. The molecule has 78 valence electrons. The Morgan fingerprint density at radius 3 is 2.64 bits per heavy atom. The van der Waals surface area contributed by atoms with Crippen LogP contribution >= 0.6 is 0 Å². The number of hydrogen-bond acceptors (Lipinski definition) is 3. The average molecular weight is 196 g/mol. The Labute approximate surface area is 83.4 Å². The number of carbonyl (C=O) groups excluding carboxylic acids is 1. The van der Waals surface area contributed by atoms with E-state index >= 15 is 0 Å². The first kappa shape index (κ1) is 8.53. The van der Waals surface area contributed by atoms with E-state index in [0.717, 1.165) is 25.8 Å². The van der Waals surface area contributed by atoms with Gasteiger partial charge in [0, 0.05) is 37.9 Å². The molecule has 0 aromatic rings. The number of nitrogens with one attached hydrogen (secondary N) is 2. The third-order valence-corrected chi connectivity index (χ3v) is 3.73. The largest absolute Gasteiger partial charge is 0.443 e. The Balaban J connectivity index is 1.79. The van der Waals surface area contributed by atoms with E-state index in [2.05, 4.69) is 10.6 Å². The van der Waals surface area contributed by atoms with Crippen molar-refractivity contribution in [3.05, 3.63) is 0 Å². The molecule has 1 spiro atoms. The first-order valence-electron chi connectivity index (χ1n) is 5.49. The van der Waals surface area contributed by atoms with Crippen LogP contribution in [-0.4, -0.2) is 30.3 Å². The highest BCUT2D eigenvalue weighted by Gasteiger charge is 2.47. The molecule has 0 aromatic carbocycles. The van der Waals surface area contributed by atoms with Crippen molar-refractivity contribution >= 4 is 6.09 Å². The van der Waals surface area contributed by atoms with Gasteiger partial charge in [0.15, 0.2) is 0 Å². The summed E-state index contributed by atoms with van der Waals surface area (Å²) in [6.07, 6.45) is 5.27. The molecule has 0 aromatic heterocycles. The maximum absolute atomic E-state index is 11.2. The minimum atomic E-state index is -0.224. The number of fused-ring (bicyclic) bond motifs is 2. The van der Waals surface area contributed by atoms with Crippen LogP contribution in [0.2, 0.25) is 0 Å². The molecule has 1 amide bonds. The standard InChI is InChI=1S/C10H16N2O2/c13-9-11-4-3-10(14-9)5-7-1-2-8(6-10)12-7/h7-8,12H,1-6H2,(H,11,13)/t7-,8+,10?. The SMILES string of the molecule is O=C1NCCC2(C[C@H]3CC[C@@H](C2)N3)O1. The summed E-state index contributed by atoms with van der Waals surface area (Å²) in [6, 6.07) is 1.17. The molecule has 3 rings (SSSR count). The summed E-state index contributed by atoms with van der Waals surface area (Å²) in [6.45, 7) is 0.776. The molecule has 2 bridgehead atoms. The van der Waals surface area contributed by atoms with Crippen LogP contribution in [0.15, 0.2) is 0 Å². The van der Waals surface area contributed by atoms with Gasteiger partial charge in [-0.25, -0.2) is 4.79 Å². The summed E-state index contributed by atoms with van der Waals surface area (Å²) in [5, 5.41) is 6.29. The van der Waals surface area contributed by atoms with Crippen LogP contribution in [0.3, 0.4) is 0 Å². The van der Waals surface area contributed by atoms with Gasteiger partial charge in [-0.2, -0.15) is 0 Å². The van der Waals surface area contributed by atoms with Crippen molar-refractivity contribution < 1.29 is 9.53 Å². The number of ether oxygens (including phenoxy) is 1. The quantitative estimate of drug-likeness (QED) is 0.601. The van der Waals surface area contributed by atoms with E-state index in [4.69, 9.17) is 4.74 Å². The van der Waals surface area contributed by atoms with Gasteiger partial charge in [0.1, 0.15) is 5.60 Å². The molecule has 1 unspecified atom stereocenters. The molecule has 0 aliphatic carbocycles. The summed E-state index contributed by atoms with van der Waals surface area (Å²) in [4.78, 5) is 11.2. The van der Waals surface area contributed by atoms with Gasteiger partial charge in [0.2, 0.25) is 0 Å². The number of amides is 1. The van der Waals surface area contributed by atoms with Crippen molar-refractivity contribution in [1.29, 1.82) is 0 Å². The van der Waals surface area contributed by atoms with Gasteiger partial charge in [-0.3, -0.25) is 0 Å². The van der Waals surface area contributed by atoms with Gasteiger partial charge >= 0.3 is 6.09 Å². The van der Waals surface area contributed by atoms with Crippen molar-refractivity contribution in [2.75, 3.05) is 6.54 Å². The molecule has 4 nitrogen and oxygen atoms in total. The van der Waals surface area contributed by atoms with Gasteiger partial charge in [-0.15, -0.1) is 0 Å². The van der Waals surface area contributed by atoms with Crippen LogP contribution in [-0.2, 0) is 4.74 Å². The van der Waals surface area contributed by atoms with Gasteiger partial charge in [0.25, 0.3) is 0 Å². The average Bonchev–Trinajstić information content (AvgIpc) is 2.46. The van der Waals surface area contributed by atoms with E-state index < -0.39 is 0 Å². The zero-order chi connectivity index (χ0) is 9.60. The van der Waals surface area contributed by atoms with Crippen LogP contribution in [0.4, 0.5) is 4.79 Å². The Kier molecular flexibility index (Phi) is 1.74. The van der Waals surface area contributed by atoms with Gasteiger partial charge in [-0.1, -0.05) is 0 Å². The number of rotatable bonds is 0. The Bertz CT molecular complexity index is 255. The van der Waals surface area contributed by atoms with Crippen molar-refractivity contribution in [3.8, 4) is 0 Å². The lowest BCUT2D eigenvalue weighted by molar-refractivity contribution is -0.0451. The number of alkyl carbamates (subject to hydrolysis) is 1. The van der Waals surface area contributed by atoms with E-state index in [1.807, 2.05) is 0 Å². The predicted octanol–water partition coefficient (Wildman–Crippen LogP) is 0.769. The zero-order valence-electron chi connectivity index (χ0n) is 8.21. The van der Waals surface area contributed by atoms with Crippen molar-refractivity contribution in [1.82, 2.24) is 10.6 Å². The third-order valence-electron chi connectivity index (χ3n) is 3.73. The molecule has 0 saturated carbocycles. The molecule has 3 heterocycles. The topological polar surface area (TPSA) is 50.4 Å². The van der Waals surface area contributed by atoms with Crippen LogP contribution < -0.4 is 10.6 Å². The fourth-order valence-electron chi connectivity index (χ4n) is 3.17. The number of piperidine rings is 1. The second-order valence-electron chi connectivity index (χ2n) is 4.80. The Hall–Kier alpha value is -0.770. The Morgan fingerprint density at radius 1 is 1.29 bits per heavy atom. The van der Waals surface area contributed by atoms with E-state index in [0.29, 0.717) is 12.1 Å². The van der Waals surface area contributed by atoms with Crippen LogP contribution in [0.5, 0.6) is 0 Å². The minimum Gasteiger partial charge on any atom is -0.443 e. The molecular formula is C10H16N2O2. The highest BCUT2D eigenvalue weighted by atomic mass is 16.6. The molecule has 14 heavy (non-hydrogen) atoms. The predicted molar refractivity (Wildman–Crippen MR) is 51.0 cm³/mol. The maximum Gasteiger partial charge on any atom is 0.407 e. The van der Waals surface area contributed by atoms with E-state index in [-0.39, 0.29) is 11.7 Å². The van der Waals surface area contributed by atoms with Crippen LogP contribution in [0.1, 0.15) is 32.1 Å². The lowest BCUT2D eigenvalue weighted by atomic mass is 9.84. The fraction of sp³-hybridized carbons (Fsp3) is 0.900. The smallest absolute Gasteiger partial charge is 0.407 e. The molecule has 3 atom stereocenters. The molecule has 3 fully saturated rings. The molecule has 3 aliphatic rings. The van der Waals surface area contributed by atoms with E-state index in [9.17, 15) is 4.79 Å². The maximum atomic E-state index is 11.2. The first-order chi connectivity index (χ1) is 6.76. The zero-order valence-corrected chi connectivity index (χ0v) is 8.21.